The third-order valence-electron chi connectivity index (χ3n) is 7.64. The van der Waals surface area contributed by atoms with Gasteiger partial charge in [0.1, 0.15) is 0 Å². The third-order valence-corrected chi connectivity index (χ3v) is 9.68. The van der Waals surface area contributed by atoms with Crippen LogP contribution >= 0.6 is 23.2 Å². The van der Waals surface area contributed by atoms with E-state index >= 15 is 0 Å². The van der Waals surface area contributed by atoms with Crippen LogP contribution in [0.15, 0.2) is 48.5 Å². The molecule has 0 radical (unpaired) electrons. The van der Waals surface area contributed by atoms with E-state index in [1.165, 1.54) is 0 Å². The summed E-state index contributed by atoms with van der Waals surface area (Å²) in [6.45, 7) is 3.58. The van der Waals surface area contributed by atoms with Gasteiger partial charge in [0.25, 0.3) is 0 Å². The van der Waals surface area contributed by atoms with E-state index in [1.54, 1.807) is 36.9 Å². The number of nitrogens with one attached hydrogen (secondary N) is 1. The van der Waals surface area contributed by atoms with Crippen LogP contribution in [0.4, 0.5) is 0 Å². The quantitative estimate of drug-likeness (QED) is 0.358. The molecule has 0 aromatic heterocycles. The number of rotatable bonds is 11. The molecule has 2 N–H and O–H groups in total. The average Bonchev–Trinajstić information content (AvgIpc) is 3.67. The molecule has 38 heavy (non-hydrogen) atoms. The molecule has 2 aromatic carbocycles. The van der Waals surface area contributed by atoms with Gasteiger partial charge in [-0.1, -0.05) is 61.3 Å². The van der Waals surface area contributed by atoms with Crippen LogP contribution in [0.5, 0.6) is 0 Å². The van der Waals surface area contributed by atoms with Gasteiger partial charge in [0, 0.05) is 28.5 Å². The molecule has 1 amide bonds. The van der Waals surface area contributed by atoms with E-state index in [0.717, 1.165) is 24.0 Å². The van der Waals surface area contributed by atoms with Crippen molar-refractivity contribution >= 4 is 45.1 Å². The largest absolute Gasteiger partial charge is 0.481 e. The SMILES string of the molecule is CCCS(=O)(=O)NC[C@H](C1CC1)N1C(=O)[C@](C)(CC(=O)O)C[C@H](c2cccc(Cl)c2)[C@H]1c1ccc(Cl)cc1. The van der Waals surface area contributed by atoms with Gasteiger partial charge in [-0.15, -0.1) is 0 Å². The van der Waals surface area contributed by atoms with Crippen LogP contribution in [0.3, 0.4) is 0 Å². The van der Waals surface area contributed by atoms with Crippen molar-refractivity contribution in [2.24, 2.45) is 11.3 Å². The van der Waals surface area contributed by atoms with Crippen LogP contribution in [-0.4, -0.2) is 48.6 Å². The van der Waals surface area contributed by atoms with E-state index in [1.807, 2.05) is 30.3 Å². The smallest absolute Gasteiger partial charge is 0.304 e. The van der Waals surface area contributed by atoms with Gasteiger partial charge < -0.3 is 10.0 Å². The molecule has 1 saturated heterocycles. The van der Waals surface area contributed by atoms with Gasteiger partial charge in [0.15, 0.2) is 0 Å². The van der Waals surface area contributed by atoms with Crippen molar-refractivity contribution < 1.29 is 23.1 Å². The lowest BCUT2D eigenvalue weighted by atomic mass is 9.67. The fourth-order valence-corrected chi connectivity index (χ4v) is 7.20. The Morgan fingerprint density at radius 2 is 1.82 bits per heavy atom. The molecular weight excluding hydrogens is 547 g/mol. The second-order valence-corrected chi connectivity index (χ2v) is 13.6. The monoisotopic (exact) mass is 580 g/mol. The predicted molar refractivity (Wildman–Crippen MR) is 149 cm³/mol. The van der Waals surface area contributed by atoms with E-state index in [0.29, 0.717) is 22.9 Å². The molecule has 0 unspecified atom stereocenters. The number of piperidine rings is 1. The van der Waals surface area contributed by atoms with Crippen LogP contribution in [0.1, 0.15) is 69.0 Å². The molecule has 4 rings (SSSR count). The minimum Gasteiger partial charge on any atom is -0.481 e. The highest BCUT2D eigenvalue weighted by Crippen LogP contribution is 2.54. The average molecular weight is 582 g/mol. The van der Waals surface area contributed by atoms with Gasteiger partial charge in [-0.2, -0.15) is 0 Å². The van der Waals surface area contributed by atoms with E-state index in [4.69, 9.17) is 23.2 Å². The van der Waals surface area contributed by atoms with Crippen molar-refractivity contribution in [1.82, 2.24) is 9.62 Å². The van der Waals surface area contributed by atoms with Crippen LogP contribution in [0.2, 0.25) is 10.0 Å². The summed E-state index contributed by atoms with van der Waals surface area (Å²) in [6.07, 6.45) is 2.20. The Morgan fingerprint density at radius 1 is 1.13 bits per heavy atom. The number of carboxylic acids is 1. The second kappa shape index (κ2) is 11.5. The maximum Gasteiger partial charge on any atom is 0.304 e. The maximum absolute atomic E-state index is 14.3. The van der Waals surface area contributed by atoms with Crippen LogP contribution in [0.25, 0.3) is 0 Å². The van der Waals surface area contributed by atoms with E-state index in [9.17, 15) is 23.1 Å². The van der Waals surface area contributed by atoms with Crippen molar-refractivity contribution in [2.45, 2.75) is 64.0 Å². The lowest BCUT2D eigenvalue weighted by Crippen LogP contribution is -2.59. The summed E-state index contributed by atoms with van der Waals surface area (Å²) >= 11 is 12.6. The third kappa shape index (κ3) is 6.53. The molecule has 0 bridgehead atoms. The minimum absolute atomic E-state index is 0.000808. The summed E-state index contributed by atoms with van der Waals surface area (Å²) in [7, 11) is -3.51. The lowest BCUT2D eigenvalue weighted by Gasteiger charge is -2.52. The molecule has 7 nitrogen and oxygen atoms in total. The molecule has 2 aliphatic rings. The first kappa shape index (κ1) is 28.9. The zero-order chi connectivity index (χ0) is 27.7. The Kier molecular flexibility index (Phi) is 8.77. The minimum atomic E-state index is -3.51. The number of hydrogen-bond acceptors (Lipinski definition) is 4. The van der Waals surface area contributed by atoms with Crippen molar-refractivity contribution in [3.05, 3.63) is 69.7 Å². The molecule has 2 fully saturated rings. The molecule has 0 spiro atoms. The molecule has 4 atom stereocenters. The highest BCUT2D eigenvalue weighted by Gasteiger charge is 2.54. The number of hydrogen-bond donors (Lipinski definition) is 2. The number of aliphatic carboxylic acids is 1. The standard InChI is InChI=1S/C28H34Cl2N2O5S/c1-3-13-38(36,37)31-17-24(18-7-8-18)32-26(19-9-11-21(29)12-10-19)23(20-5-4-6-22(30)14-20)15-28(2,27(32)35)16-25(33)34/h4-6,9-12,14,18,23-24,26,31H,3,7-8,13,15-17H2,1-2H3,(H,33,34)/t23-,24-,26-,28+/m1/s1. The van der Waals surface area contributed by atoms with Crippen molar-refractivity contribution in [3.8, 4) is 0 Å². The van der Waals surface area contributed by atoms with Crippen LogP contribution < -0.4 is 4.72 Å². The number of carbonyl (C=O) groups excluding carboxylic acids is 1. The summed E-state index contributed by atoms with van der Waals surface area (Å²) in [5, 5.41) is 10.9. The number of carboxylic acid groups (broad SMARTS) is 1. The zero-order valence-electron chi connectivity index (χ0n) is 21.6. The molecular formula is C28H34Cl2N2O5S. The van der Waals surface area contributed by atoms with Crippen LogP contribution in [0, 0.1) is 11.3 Å². The summed E-state index contributed by atoms with van der Waals surface area (Å²) in [5.74, 6) is -1.48. The van der Waals surface area contributed by atoms with E-state index in [-0.39, 0.29) is 36.5 Å². The highest BCUT2D eigenvalue weighted by molar-refractivity contribution is 7.89. The van der Waals surface area contributed by atoms with Gasteiger partial charge in [-0.3, -0.25) is 9.59 Å². The van der Waals surface area contributed by atoms with Gasteiger partial charge in [-0.25, -0.2) is 13.1 Å². The Labute approximate surface area is 234 Å². The second-order valence-electron chi connectivity index (χ2n) is 10.8. The number of benzene rings is 2. The Morgan fingerprint density at radius 3 is 2.39 bits per heavy atom. The first-order valence-electron chi connectivity index (χ1n) is 13.0. The lowest BCUT2D eigenvalue weighted by molar-refractivity contribution is -0.161. The molecule has 206 valence electrons. The topological polar surface area (TPSA) is 104 Å². The molecule has 1 saturated carbocycles. The van der Waals surface area contributed by atoms with Gasteiger partial charge in [0.05, 0.1) is 23.6 Å². The number of halogens is 2. The van der Waals surface area contributed by atoms with Gasteiger partial charge in [-0.05, 0) is 67.0 Å². The summed E-state index contributed by atoms with van der Waals surface area (Å²) in [6, 6.07) is 13.9. The summed E-state index contributed by atoms with van der Waals surface area (Å²) < 4.78 is 27.9. The number of carbonyl (C=O) groups is 2. The van der Waals surface area contributed by atoms with Crippen molar-refractivity contribution in [1.29, 1.82) is 0 Å². The van der Waals surface area contributed by atoms with E-state index in [2.05, 4.69) is 4.72 Å². The fourth-order valence-electron chi connectivity index (χ4n) is 5.77. The number of amides is 1. The molecule has 1 heterocycles. The number of sulfonamides is 1. The van der Waals surface area contributed by atoms with E-state index < -0.39 is 33.5 Å². The zero-order valence-corrected chi connectivity index (χ0v) is 23.9. The number of likely N-dealkylation sites (tertiary alicyclic amines) is 1. The van der Waals surface area contributed by atoms with Gasteiger partial charge >= 0.3 is 5.97 Å². The normalized spacial score (nSPS) is 24.8. The summed E-state index contributed by atoms with van der Waals surface area (Å²) in [5.41, 5.74) is 0.566. The van der Waals surface area contributed by atoms with Gasteiger partial charge in [0.2, 0.25) is 15.9 Å². The maximum atomic E-state index is 14.3. The Balaban J connectivity index is 1.86. The first-order valence-corrected chi connectivity index (χ1v) is 15.4. The Hall–Kier alpha value is -2.13. The molecule has 1 aliphatic carbocycles. The number of nitrogens with zero attached hydrogens (tertiary/aromatic N) is 1. The van der Waals surface area contributed by atoms with Crippen LogP contribution in [-0.2, 0) is 19.6 Å². The predicted octanol–water partition coefficient (Wildman–Crippen LogP) is 5.64. The fraction of sp³-hybridized carbons (Fsp3) is 0.500. The molecule has 1 aliphatic heterocycles. The van der Waals surface area contributed by atoms with Crippen molar-refractivity contribution in [2.75, 3.05) is 12.3 Å². The summed E-state index contributed by atoms with van der Waals surface area (Å²) in [4.78, 5) is 28.1. The molecule has 10 heteroatoms. The highest BCUT2D eigenvalue weighted by atomic mass is 35.5. The Bertz CT molecular complexity index is 1280. The first-order chi connectivity index (χ1) is 17.9. The van der Waals surface area contributed by atoms with Crippen molar-refractivity contribution in [3.63, 3.8) is 0 Å². The molecule has 2 aromatic rings.